The maximum Gasteiger partial charge on any atom is 0.243 e. The van der Waals surface area contributed by atoms with Crippen LogP contribution in [0.5, 0.6) is 0 Å². The molecule has 3 aromatic rings. The van der Waals surface area contributed by atoms with Crippen molar-refractivity contribution in [3.8, 4) is 11.1 Å². The van der Waals surface area contributed by atoms with Gasteiger partial charge >= 0.3 is 0 Å². The number of nitrogens with zero attached hydrogens (tertiary/aromatic N) is 1. The van der Waals surface area contributed by atoms with Crippen molar-refractivity contribution in [1.82, 2.24) is 4.31 Å². The Hall–Kier alpha value is -2.69. The molecule has 1 heterocycles. The molecule has 0 saturated carbocycles. The highest BCUT2D eigenvalue weighted by atomic mass is 32.2. The van der Waals surface area contributed by atoms with Crippen molar-refractivity contribution >= 4 is 16.1 Å². The minimum Gasteiger partial charge on any atom is -0.207 e. The molecule has 4 heteroatoms. The van der Waals surface area contributed by atoms with Crippen LogP contribution in [0.4, 0.5) is 0 Å². The van der Waals surface area contributed by atoms with Gasteiger partial charge < -0.3 is 0 Å². The van der Waals surface area contributed by atoms with Gasteiger partial charge in [0.25, 0.3) is 0 Å². The van der Waals surface area contributed by atoms with Gasteiger partial charge in [0.1, 0.15) is 0 Å². The summed E-state index contributed by atoms with van der Waals surface area (Å²) >= 11 is 0. The van der Waals surface area contributed by atoms with Gasteiger partial charge in [0, 0.05) is 12.6 Å². The molecule has 0 spiro atoms. The van der Waals surface area contributed by atoms with Gasteiger partial charge in [-0.1, -0.05) is 98.3 Å². The van der Waals surface area contributed by atoms with E-state index in [1.165, 1.54) is 11.1 Å². The summed E-state index contributed by atoms with van der Waals surface area (Å²) in [4.78, 5) is 0.374. The Kier molecular flexibility index (Phi) is 6.87. The fraction of sp³-hybridized carbons (Fsp3) is 0.310. The molecule has 0 aliphatic carbocycles. The van der Waals surface area contributed by atoms with E-state index in [4.69, 9.17) is 0 Å². The second kappa shape index (κ2) is 9.66. The maximum absolute atomic E-state index is 13.6. The largest absolute Gasteiger partial charge is 0.243 e. The molecule has 0 amide bonds. The molecule has 1 saturated heterocycles. The first-order valence-electron chi connectivity index (χ1n) is 11.7. The SMILES string of the molecule is Cc1ccc(S(=O)(=O)N2CCCC(C)(C)CC2/C=C/c2ccc(-c3ccccc3)cc2)cc1. The smallest absolute Gasteiger partial charge is 0.207 e. The minimum atomic E-state index is -3.57. The van der Waals surface area contributed by atoms with Crippen LogP contribution in [0.3, 0.4) is 0 Å². The van der Waals surface area contributed by atoms with Crippen molar-refractivity contribution in [2.75, 3.05) is 6.54 Å². The zero-order valence-corrected chi connectivity index (χ0v) is 20.6. The summed E-state index contributed by atoms with van der Waals surface area (Å²) in [5.41, 5.74) is 4.58. The lowest BCUT2D eigenvalue weighted by molar-refractivity contribution is 0.282. The molecule has 4 rings (SSSR count). The molecule has 3 nitrogen and oxygen atoms in total. The summed E-state index contributed by atoms with van der Waals surface area (Å²) < 4.78 is 28.9. The van der Waals surface area contributed by atoms with E-state index in [0.717, 1.165) is 30.4 Å². The van der Waals surface area contributed by atoms with Crippen LogP contribution in [0.1, 0.15) is 44.2 Å². The second-order valence-corrected chi connectivity index (χ2v) is 11.7. The average Bonchev–Trinajstić information content (AvgIpc) is 2.96. The van der Waals surface area contributed by atoms with Gasteiger partial charge in [0.05, 0.1) is 4.90 Å². The van der Waals surface area contributed by atoms with Crippen LogP contribution in [0.2, 0.25) is 0 Å². The molecule has 0 radical (unpaired) electrons. The standard InChI is InChI=1S/C29H33NO2S/c1-23-10-18-28(19-11-23)33(31,32)30-21-7-20-29(2,3)22-27(30)17-14-24-12-15-26(16-13-24)25-8-5-4-6-9-25/h4-6,8-19,27H,7,20-22H2,1-3H3/b17-14+. The van der Waals surface area contributed by atoms with Crippen LogP contribution in [0.15, 0.2) is 89.8 Å². The van der Waals surface area contributed by atoms with E-state index < -0.39 is 10.0 Å². The van der Waals surface area contributed by atoms with E-state index >= 15 is 0 Å². The quantitative estimate of drug-likeness (QED) is 0.414. The van der Waals surface area contributed by atoms with Crippen LogP contribution >= 0.6 is 0 Å². The van der Waals surface area contributed by atoms with E-state index in [0.29, 0.717) is 11.4 Å². The Bertz CT molecular complexity index is 1190. The van der Waals surface area contributed by atoms with Crippen LogP contribution in [0, 0.1) is 12.3 Å². The molecule has 1 aliphatic rings. The number of aryl methyl sites for hydroxylation is 1. The van der Waals surface area contributed by atoms with Crippen LogP contribution in [-0.4, -0.2) is 25.3 Å². The Morgan fingerprint density at radius 3 is 2.18 bits per heavy atom. The molecule has 0 N–H and O–H groups in total. The fourth-order valence-corrected chi connectivity index (χ4v) is 6.22. The highest BCUT2D eigenvalue weighted by Gasteiger charge is 2.36. The maximum atomic E-state index is 13.6. The van der Waals surface area contributed by atoms with Crippen molar-refractivity contribution in [3.05, 3.63) is 96.1 Å². The lowest BCUT2D eigenvalue weighted by atomic mass is 9.83. The molecule has 0 aromatic heterocycles. The molecule has 0 bridgehead atoms. The third-order valence-corrected chi connectivity index (χ3v) is 8.46. The number of hydrogen-bond donors (Lipinski definition) is 0. The fourth-order valence-electron chi connectivity index (χ4n) is 4.60. The van der Waals surface area contributed by atoms with Crippen molar-refractivity contribution in [1.29, 1.82) is 0 Å². The zero-order valence-electron chi connectivity index (χ0n) is 19.7. The first-order chi connectivity index (χ1) is 15.7. The highest BCUT2D eigenvalue weighted by molar-refractivity contribution is 7.89. The van der Waals surface area contributed by atoms with Crippen LogP contribution in [-0.2, 0) is 10.0 Å². The summed E-state index contributed by atoms with van der Waals surface area (Å²) in [6.07, 6.45) is 6.84. The Morgan fingerprint density at radius 1 is 0.879 bits per heavy atom. The van der Waals surface area contributed by atoms with Gasteiger partial charge in [0.15, 0.2) is 0 Å². The van der Waals surface area contributed by atoms with Gasteiger partial charge in [-0.3, -0.25) is 0 Å². The number of hydrogen-bond acceptors (Lipinski definition) is 2. The average molecular weight is 460 g/mol. The van der Waals surface area contributed by atoms with Crippen LogP contribution in [0.25, 0.3) is 17.2 Å². The Balaban J connectivity index is 1.61. The Morgan fingerprint density at radius 2 is 1.52 bits per heavy atom. The summed E-state index contributed by atoms with van der Waals surface area (Å²) in [5.74, 6) is 0. The van der Waals surface area contributed by atoms with Crippen molar-refractivity contribution in [3.63, 3.8) is 0 Å². The number of rotatable bonds is 5. The minimum absolute atomic E-state index is 0.0870. The van der Waals surface area contributed by atoms with Crippen molar-refractivity contribution in [2.45, 2.75) is 51.0 Å². The predicted octanol–water partition coefficient (Wildman–Crippen LogP) is 6.94. The van der Waals surface area contributed by atoms with Crippen molar-refractivity contribution < 1.29 is 8.42 Å². The van der Waals surface area contributed by atoms with E-state index in [2.05, 4.69) is 62.4 Å². The summed E-state index contributed by atoms with van der Waals surface area (Å²) in [6, 6.07) is 25.8. The second-order valence-electron chi connectivity index (χ2n) is 9.82. The van der Waals surface area contributed by atoms with Crippen molar-refractivity contribution in [2.24, 2.45) is 5.41 Å². The van der Waals surface area contributed by atoms with E-state index in [1.807, 2.05) is 37.3 Å². The molecule has 3 aromatic carbocycles. The molecule has 1 atom stereocenters. The molecular formula is C29H33NO2S. The number of benzene rings is 3. The summed E-state index contributed by atoms with van der Waals surface area (Å²) in [6.45, 7) is 7.00. The number of sulfonamides is 1. The van der Waals surface area contributed by atoms with Gasteiger partial charge in [-0.25, -0.2) is 8.42 Å². The molecule has 1 fully saturated rings. The third kappa shape index (κ3) is 5.63. The van der Waals surface area contributed by atoms with Crippen LogP contribution < -0.4 is 0 Å². The van der Waals surface area contributed by atoms with E-state index in [1.54, 1.807) is 16.4 Å². The first kappa shape index (κ1) is 23.5. The molecule has 1 aliphatic heterocycles. The highest BCUT2D eigenvalue weighted by Crippen LogP contribution is 2.36. The Labute approximate surface area is 198 Å². The lowest BCUT2D eigenvalue weighted by Gasteiger charge is -2.30. The first-order valence-corrected chi connectivity index (χ1v) is 13.1. The summed E-state index contributed by atoms with van der Waals surface area (Å²) in [7, 11) is -3.57. The third-order valence-electron chi connectivity index (χ3n) is 6.52. The topological polar surface area (TPSA) is 37.4 Å². The van der Waals surface area contributed by atoms with Gasteiger partial charge in [-0.15, -0.1) is 0 Å². The molecular weight excluding hydrogens is 426 g/mol. The molecule has 172 valence electrons. The van der Waals surface area contributed by atoms with E-state index in [9.17, 15) is 8.42 Å². The monoisotopic (exact) mass is 459 g/mol. The summed E-state index contributed by atoms with van der Waals surface area (Å²) in [5, 5.41) is 0. The van der Waals surface area contributed by atoms with E-state index in [-0.39, 0.29) is 11.5 Å². The molecule has 33 heavy (non-hydrogen) atoms. The lowest BCUT2D eigenvalue weighted by Crippen LogP contribution is -2.39. The zero-order chi connectivity index (χ0) is 23.5. The molecule has 1 unspecified atom stereocenters. The normalized spacial score (nSPS) is 19.4. The van der Waals surface area contributed by atoms with Gasteiger partial charge in [-0.05, 0) is 60.4 Å². The van der Waals surface area contributed by atoms with Gasteiger partial charge in [0.2, 0.25) is 10.0 Å². The predicted molar refractivity (Wildman–Crippen MR) is 137 cm³/mol. The van der Waals surface area contributed by atoms with Gasteiger partial charge in [-0.2, -0.15) is 4.31 Å².